The lowest BCUT2D eigenvalue weighted by Gasteiger charge is -2.33. The van der Waals surface area contributed by atoms with E-state index < -0.39 is 6.17 Å². The number of anilines is 1. The van der Waals surface area contributed by atoms with Gasteiger partial charge in [-0.15, -0.1) is 0 Å². The van der Waals surface area contributed by atoms with Gasteiger partial charge in [0, 0.05) is 12.2 Å². The molecule has 0 bridgehead atoms. The van der Waals surface area contributed by atoms with E-state index >= 15 is 0 Å². The maximum atomic E-state index is 14.2. The molecular formula is C16H16FN. The van der Waals surface area contributed by atoms with Gasteiger partial charge in [0.1, 0.15) is 6.17 Å². The summed E-state index contributed by atoms with van der Waals surface area (Å²) >= 11 is 0. The molecule has 1 aliphatic heterocycles. The fraction of sp³-hybridized carbons (Fsp3) is 0.250. The van der Waals surface area contributed by atoms with Crippen molar-refractivity contribution in [1.29, 1.82) is 0 Å². The van der Waals surface area contributed by atoms with Gasteiger partial charge >= 0.3 is 0 Å². The van der Waals surface area contributed by atoms with Crippen molar-refractivity contribution in [3.8, 4) is 0 Å². The highest BCUT2D eigenvalue weighted by Gasteiger charge is 2.25. The van der Waals surface area contributed by atoms with Crippen molar-refractivity contribution < 1.29 is 4.39 Å². The predicted octanol–water partition coefficient (Wildman–Crippen LogP) is 4.03. The van der Waals surface area contributed by atoms with Crippen LogP contribution in [0.15, 0.2) is 48.5 Å². The van der Waals surface area contributed by atoms with Crippen molar-refractivity contribution in [3.05, 3.63) is 65.2 Å². The Kier molecular flexibility index (Phi) is 2.78. The fourth-order valence-corrected chi connectivity index (χ4v) is 2.65. The molecule has 0 spiro atoms. The Hall–Kier alpha value is -1.83. The van der Waals surface area contributed by atoms with E-state index in [9.17, 15) is 4.39 Å². The van der Waals surface area contributed by atoms with Gasteiger partial charge in [-0.3, -0.25) is 0 Å². The Morgan fingerprint density at radius 2 is 1.78 bits per heavy atom. The first-order chi connectivity index (χ1) is 8.75. The minimum Gasteiger partial charge on any atom is -0.364 e. The number of fused-ring (bicyclic) bond motifs is 1. The van der Waals surface area contributed by atoms with Gasteiger partial charge in [0.05, 0.1) is 6.54 Å². The highest BCUT2D eigenvalue weighted by atomic mass is 19.1. The molecule has 92 valence electrons. The highest BCUT2D eigenvalue weighted by Crippen LogP contribution is 2.33. The molecule has 2 heteroatoms. The van der Waals surface area contributed by atoms with E-state index in [0.717, 1.165) is 23.4 Å². The normalized spacial score (nSPS) is 18.6. The van der Waals surface area contributed by atoms with Gasteiger partial charge in [-0.25, -0.2) is 4.39 Å². The van der Waals surface area contributed by atoms with E-state index in [-0.39, 0.29) is 0 Å². The second kappa shape index (κ2) is 4.45. The first kappa shape index (κ1) is 11.3. The summed E-state index contributed by atoms with van der Waals surface area (Å²) in [6.07, 6.45) is -0.894. The van der Waals surface area contributed by atoms with E-state index in [1.807, 2.05) is 36.4 Å². The van der Waals surface area contributed by atoms with E-state index in [1.54, 1.807) is 0 Å². The molecule has 1 unspecified atom stereocenters. The number of rotatable bonds is 1. The molecule has 18 heavy (non-hydrogen) atoms. The zero-order chi connectivity index (χ0) is 12.5. The number of alkyl halides is 1. The third-order valence-electron chi connectivity index (χ3n) is 3.59. The maximum Gasteiger partial charge on any atom is 0.143 e. The molecule has 2 aromatic carbocycles. The number of aryl methyl sites for hydroxylation is 1. The van der Waals surface area contributed by atoms with E-state index in [2.05, 4.69) is 24.0 Å². The second-order valence-electron chi connectivity index (χ2n) is 4.83. The summed E-state index contributed by atoms with van der Waals surface area (Å²) in [6.45, 7) is 3.31. The third-order valence-corrected chi connectivity index (χ3v) is 3.59. The molecule has 0 N–H and O–H groups in total. The molecule has 1 heterocycles. The highest BCUT2D eigenvalue weighted by molar-refractivity contribution is 5.55. The van der Waals surface area contributed by atoms with Crippen LogP contribution < -0.4 is 4.90 Å². The van der Waals surface area contributed by atoms with Crippen molar-refractivity contribution in [2.24, 2.45) is 0 Å². The predicted molar refractivity (Wildman–Crippen MR) is 72.5 cm³/mol. The first-order valence-electron chi connectivity index (χ1n) is 6.28. The van der Waals surface area contributed by atoms with Crippen LogP contribution in [0.2, 0.25) is 0 Å². The summed E-state index contributed by atoms with van der Waals surface area (Å²) in [5.74, 6) is 0. The van der Waals surface area contributed by atoms with Crippen molar-refractivity contribution in [3.63, 3.8) is 0 Å². The van der Waals surface area contributed by atoms with Crippen LogP contribution >= 0.6 is 0 Å². The maximum absolute atomic E-state index is 14.2. The smallest absolute Gasteiger partial charge is 0.143 e. The lowest BCUT2D eigenvalue weighted by Crippen LogP contribution is -2.32. The zero-order valence-corrected chi connectivity index (χ0v) is 10.4. The van der Waals surface area contributed by atoms with Crippen molar-refractivity contribution in [1.82, 2.24) is 0 Å². The number of para-hydroxylation sites is 1. The van der Waals surface area contributed by atoms with Gasteiger partial charge in [-0.05, 0) is 29.7 Å². The molecule has 1 nitrogen and oxygen atoms in total. The minimum atomic E-state index is -0.894. The van der Waals surface area contributed by atoms with Crippen LogP contribution in [-0.2, 0) is 6.54 Å². The summed E-state index contributed by atoms with van der Waals surface area (Å²) in [5, 5.41) is 0. The monoisotopic (exact) mass is 241 g/mol. The standard InChI is InChI=1S/C16H16FN/c1-12-6-2-5-9-16(12)18-10-13-7-3-4-8-14(13)15(17)11-18/h2-9,15H,10-11H2,1H3. The van der Waals surface area contributed by atoms with Crippen LogP contribution in [0.1, 0.15) is 22.9 Å². The Morgan fingerprint density at radius 3 is 2.61 bits per heavy atom. The average molecular weight is 241 g/mol. The van der Waals surface area contributed by atoms with Crippen molar-refractivity contribution >= 4 is 5.69 Å². The lowest BCUT2D eigenvalue weighted by molar-refractivity contribution is 0.330. The molecule has 0 aromatic heterocycles. The molecule has 0 saturated carbocycles. The Labute approximate surface area is 107 Å². The topological polar surface area (TPSA) is 3.24 Å². The van der Waals surface area contributed by atoms with Gasteiger partial charge < -0.3 is 4.90 Å². The number of nitrogens with zero attached hydrogens (tertiary/aromatic N) is 1. The van der Waals surface area contributed by atoms with Crippen LogP contribution in [-0.4, -0.2) is 6.54 Å². The van der Waals surface area contributed by atoms with Gasteiger partial charge in [0.25, 0.3) is 0 Å². The quantitative estimate of drug-likeness (QED) is 0.728. The van der Waals surface area contributed by atoms with Crippen LogP contribution in [0, 0.1) is 6.92 Å². The largest absolute Gasteiger partial charge is 0.364 e. The molecule has 1 aliphatic rings. The Morgan fingerprint density at radius 1 is 1.06 bits per heavy atom. The van der Waals surface area contributed by atoms with E-state index in [1.165, 1.54) is 5.56 Å². The third kappa shape index (κ3) is 1.88. The lowest BCUT2D eigenvalue weighted by atomic mass is 9.97. The van der Waals surface area contributed by atoms with Crippen LogP contribution in [0.4, 0.5) is 10.1 Å². The number of hydrogen-bond donors (Lipinski definition) is 0. The molecule has 0 radical (unpaired) electrons. The molecule has 3 rings (SSSR count). The van der Waals surface area contributed by atoms with E-state index in [4.69, 9.17) is 0 Å². The van der Waals surface area contributed by atoms with Crippen molar-refractivity contribution in [2.75, 3.05) is 11.4 Å². The molecule has 0 saturated heterocycles. The molecule has 0 aliphatic carbocycles. The van der Waals surface area contributed by atoms with Crippen LogP contribution in [0.25, 0.3) is 0 Å². The number of benzene rings is 2. The van der Waals surface area contributed by atoms with Gasteiger partial charge in [-0.1, -0.05) is 42.5 Å². The summed E-state index contributed by atoms with van der Waals surface area (Å²) in [6, 6.07) is 16.0. The van der Waals surface area contributed by atoms with Gasteiger partial charge in [0.2, 0.25) is 0 Å². The van der Waals surface area contributed by atoms with Crippen LogP contribution in [0.5, 0.6) is 0 Å². The number of hydrogen-bond acceptors (Lipinski definition) is 1. The average Bonchev–Trinajstić information content (AvgIpc) is 2.39. The Bertz CT molecular complexity index is 565. The van der Waals surface area contributed by atoms with Gasteiger partial charge in [0.15, 0.2) is 0 Å². The molecule has 0 fully saturated rings. The Balaban J connectivity index is 1.97. The fourth-order valence-electron chi connectivity index (χ4n) is 2.65. The summed E-state index contributed by atoms with van der Waals surface area (Å²) < 4.78 is 14.2. The molecule has 0 amide bonds. The summed E-state index contributed by atoms with van der Waals surface area (Å²) in [4.78, 5) is 2.13. The number of halogens is 1. The van der Waals surface area contributed by atoms with Gasteiger partial charge in [-0.2, -0.15) is 0 Å². The first-order valence-corrected chi connectivity index (χ1v) is 6.28. The minimum absolute atomic E-state index is 0.446. The van der Waals surface area contributed by atoms with E-state index in [0.29, 0.717) is 6.54 Å². The van der Waals surface area contributed by atoms with Crippen molar-refractivity contribution in [2.45, 2.75) is 19.6 Å². The zero-order valence-electron chi connectivity index (χ0n) is 10.4. The molecule has 1 atom stereocenters. The van der Waals surface area contributed by atoms with Crippen LogP contribution in [0.3, 0.4) is 0 Å². The molecular weight excluding hydrogens is 225 g/mol. The summed E-state index contributed by atoms with van der Waals surface area (Å²) in [5.41, 5.74) is 4.28. The second-order valence-corrected chi connectivity index (χ2v) is 4.83. The summed E-state index contributed by atoms with van der Waals surface area (Å²) in [7, 11) is 0. The molecule has 2 aromatic rings. The SMILES string of the molecule is Cc1ccccc1N1Cc2ccccc2C(F)C1.